The summed E-state index contributed by atoms with van der Waals surface area (Å²) in [7, 11) is -1.90. The molecule has 7 heteroatoms. The van der Waals surface area contributed by atoms with E-state index < -0.39 is 10.0 Å². The second-order valence-corrected chi connectivity index (χ2v) is 8.53. The van der Waals surface area contributed by atoms with Gasteiger partial charge in [0.05, 0.1) is 12.3 Å². The normalized spacial score (nSPS) is 18.1. The summed E-state index contributed by atoms with van der Waals surface area (Å²) in [4.78, 5) is 14.2. The van der Waals surface area contributed by atoms with E-state index in [2.05, 4.69) is 15.9 Å². The lowest BCUT2D eigenvalue weighted by Crippen LogP contribution is -2.44. The average Bonchev–Trinajstić information content (AvgIpc) is 2.73. The van der Waals surface area contributed by atoms with Crippen LogP contribution < -0.4 is 4.90 Å². The van der Waals surface area contributed by atoms with Crippen molar-refractivity contribution >= 4 is 37.5 Å². The third-order valence-corrected chi connectivity index (χ3v) is 6.03. The van der Waals surface area contributed by atoms with E-state index >= 15 is 0 Å². The molecule has 21 heavy (non-hydrogen) atoms. The average molecular weight is 375 g/mol. The Balaban J connectivity index is 2.21. The fourth-order valence-electron chi connectivity index (χ4n) is 2.57. The number of carbonyl (C=O) groups excluding carboxylic acids is 1. The zero-order valence-corrected chi connectivity index (χ0v) is 14.7. The number of carbonyl (C=O) groups is 1. The molecule has 1 aromatic carbocycles. The lowest BCUT2D eigenvalue weighted by atomic mass is 10.1. The van der Waals surface area contributed by atoms with Crippen LogP contribution in [-0.2, 0) is 21.2 Å². The number of benzene rings is 1. The van der Waals surface area contributed by atoms with Gasteiger partial charge in [-0.05, 0) is 44.0 Å². The van der Waals surface area contributed by atoms with Crippen molar-refractivity contribution < 1.29 is 13.2 Å². The molecule has 0 saturated carbocycles. The van der Waals surface area contributed by atoms with Crippen molar-refractivity contribution in [2.45, 2.75) is 26.3 Å². The van der Waals surface area contributed by atoms with Crippen LogP contribution in [0.2, 0.25) is 0 Å². The smallest absolute Gasteiger partial charge is 0.242 e. The third-order valence-electron chi connectivity index (χ3n) is 3.72. The lowest BCUT2D eigenvalue weighted by molar-refractivity contribution is -0.118. The van der Waals surface area contributed by atoms with Crippen LogP contribution in [-0.4, -0.2) is 44.0 Å². The van der Waals surface area contributed by atoms with Crippen LogP contribution in [0.15, 0.2) is 22.7 Å². The topological polar surface area (TPSA) is 57.7 Å². The second kappa shape index (κ2) is 6.06. The van der Waals surface area contributed by atoms with E-state index in [0.717, 1.165) is 26.4 Å². The van der Waals surface area contributed by atoms with Crippen molar-refractivity contribution in [3.63, 3.8) is 0 Å². The number of nitrogens with zero attached hydrogens (tertiary/aromatic N) is 2. The van der Waals surface area contributed by atoms with Crippen LogP contribution in [0.4, 0.5) is 5.69 Å². The molecule has 5 nitrogen and oxygen atoms in total. The molecule has 0 unspecified atom stereocenters. The fourth-order valence-corrected chi connectivity index (χ4v) is 3.72. The number of fused-ring (bicyclic) bond motifs is 1. The van der Waals surface area contributed by atoms with Gasteiger partial charge in [0, 0.05) is 23.2 Å². The zero-order chi connectivity index (χ0) is 15.8. The van der Waals surface area contributed by atoms with Gasteiger partial charge in [0.25, 0.3) is 0 Å². The Kier molecular flexibility index (Phi) is 4.75. The van der Waals surface area contributed by atoms with E-state index in [4.69, 9.17) is 0 Å². The molecule has 1 aromatic rings. The van der Waals surface area contributed by atoms with E-state index in [1.54, 1.807) is 11.8 Å². The highest BCUT2D eigenvalue weighted by Gasteiger charge is 2.32. The van der Waals surface area contributed by atoms with Gasteiger partial charge < -0.3 is 4.90 Å². The van der Waals surface area contributed by atoms with Crippen LogP contribution in [0.5, 0.6) is 0 Å². The van der Waals surface area contributed by atoms with Gasteiger partial charge in [-0.2, -0.15) is 4.31 Å². The SMILES string of the molecule is CCS(=O)(=O)N(C)CC(=O)N1c2ccc(Br)cc2C[C@@H]1C. The molecule has 0 fully saturated rings. The first-order valence-electron chi connectivity index (χ1n) is 6.80. The van der Waals surface area contributed by atoms with Crippen molar-refractivity contribution in [1.29, 1.82) is 0 Å². The molecule has 0 N–H and O–H groups in total. The first-order chi connectivity index (χ1) is 9.76. The Morgan fingerprint density at radius 3 is 2.76 bits per heavy atom. The molecule has 1 heterocycles. The van der Waals surface area contributed by atoms with Crippen LogP contribution in [0.3, 0.4) is 0 Å². The van der Waals surface area contributed by atoms with Gasteiger partial charge in [-0.3, -0.25) is 4.79 Å². The lowest BCUT2D eigenvalue weighted by Gasteiger charge is -2.25. The molecule has 1 aliphatic heterocycles. The summed E-state index contributed by atoms with van der Waals surface area (Å²) in [6, 6.07) is 5.84. The highest BCUT2D eigenvalue weighted by molar-refractivity contribution is 9.10. The summed E-state index contributed by atoms with van der Waals surface area (Å²) in [5.74, 6) is -0.196. The Bertz CT molecular complexity index is 660. The number of likely N-dealkylation sites (N-methyl/N-ethyl adjacent to an activating group) is 1. The molecular formula is C14H19BrN2O3S. The molecule has 0 saturated heterocycles. The first-order valence-corrected chi connectivity index (χ1v) is 9.21. The molecule has 1 aliphatic rings. The molecule has 2 rings (SSSR count). The Hall–Kier alpha value is -0.920. The van der Waals surface area contributed by atoms with Crippen molar-refractivity contribution in [2.24, 2.45) is 0 Å². The fraction of sp³-hybridized carbons (Fsp3) is 0.500. The number of sulfonamides is 1. The summed E-state index contributed by atoms with van der Waals surface area (Å²) < 4.78 is 25.6. The van der Waals surface area contributed by atoms with Crippen molar-refractivity contribution in [2.75, 3.05) is 24.2 Å². The van der Waals surface area contributed by atoms with E-state index in [9.17, 15) is 13.2 Å². The number of anilines is 1. The van der Waals surface area contributed by atoms with Gasteiger partial charge in [0.1, 0.15) is 0 Å². The molecule has 0 aliphatic carbocycles. The Morgan fingerprint density at radius 1 is 1.48 bits per heavy atom. The number of halogens is 1. The van der Waals surface area contributed by atoms with Gasteiger partial charge in [0.2, 0.25) is 15.9 Å². The summed E-state index contributed by atoms with van der Waals surface area (Å²) in [5, 5.41) is 0. The molecule has 0 aromatic heterocycles. The first kappa shape index (κ1) is 16.5. The summed E-state index contributed by atoms with van der Waals surface area (Å²) in [6.45, 7) is 3.41. The summed E-state index contributed by atoms with van der Waals surface area (Å²) in [6.07, 6.45) is 0.782. The van der Waals surface area contributed by atoms with E-state index in [0.29, 0.717) is 0 Å². The number of rotatable bonds is 4. The minimum atomic E-state index is -3.35. The van der Waals surface area contributed by atoms with Crippen molar-refractivity contribution in [3.05, 3.63) is 28.2 Å². The van der Waals surface area contributed by atoms with E-state index in [-0.39, 0.29) is 24.2 Å². The van der Waals surface area contributed by atoms with Crippen LogP contribution in [0, 0.1) is 0 Å². The standard InChI is InChI=1S/C14H19BrN2O3S/c1-4-21(19,20)16(3)9-14(18)17-10(2)7-11-8-12(15)5-6-13(11)17/h5-6,8,10H,4,7,9H2,1-3H3/t10-/m0/s1. The maximum atomic E-state index is 12.5. The van der Waals surface area contributed by atoms with Gasteiger partial charge >= 0.3 is 0 Å². The molecule has 1 amide bonds. The van der Waals surface area contributed by atoms with Gasteiger partial charge in [-0.1, -0.05) is 15.9 Å². The highest BCUT2D eigenvalue weighted by Crippen LogP contribution is 2.34. The monoisotopic (exact) mass is 374 g/mol. The molecule has 116 valence electrons. The maximum Gasteiger partial charge on any atom is 0.242 e. The zero-order valence-electron chi connectivity index (χ0n) is 12.3. The maximum absolute atomic E-state index is 12.5. The quantitative estimate of drug-likeness (QED) is 0.809. The van der Waals surface area contributed by atoms with Gasteiger partial charge in [-0.15, -0.1) is 0 Å². The van der Waals surface area contributed by atoms with Crippen LogP contribution in [0.25, 0.3) is 0 Å². The predicted octanol–water partition coefficient (Wildman–Crippen LogP) is 2.01. The number of amides is 1. The largest absolute Gasteiger partial charge is 0.308 e. The molecular weight excluding hydrogens is 356 g/mol. The third kappa shape index (κ3) is 3.30. The van der Waals surface area contributed by atoms with Crippen molar-refractivity contribution in [3.8, 4) is 0 Å². The Labute approximate surface area is 134 Å². The number of hydrogen-bond donors (Lipinski definition) is 0. The van der Waals surface area contributed by atoms with E-state index in [1.807, 2.05) is 25.1 Å². The molecule has 1 atom stereocenters. The predicted molar refractivity (Wildman–Crippen MR) is 86.9 cm³/mol. The highest BCUT2D eigenvalue weighted by atomic mass is 79.9. The van der Waals surface area contributed by atoms with Crippen LogP contribution in [0.1, 0.15) is 19.4 Å². The molecule has 0 bridgehead atoms. The molecule has 0 spiro atoms. The summed E-state index contributed by atoms with van der Waals surface area (Å²) >= 11 is 3.43. The minimum Gasteiger partial charge on any atom is -0.308 e. The summed E-state index contributed by atoms with van der Waals surface area (Å²) in [5.41, 5.74) is 1.98. The number of hydrogen-bond acceptors (Lipinski definition) is 3. The van der Waals surface area contributed by atoms with Gasteiger partial charge in [-0.25, -0.2) is 8.42 Å². The Morgan fingerprint density at radius 2 is 2.14 bits per heavy atom. The van der Waals surface area contributed by atoms with Gasteiger partial charge in [0.15, 0.2) is 0 Å². The van der Waals surface area contributed by atoms with Crippen LogP contribution >= 0.6 is 15.9 Å². The van der Waals surface area contributed by atoms with E-state index in [1.165, 1.54) is 7.05 Å². The molecule has 0 radical (unpaired) electrons. The minimum absolute atomic E-state index is 0.00410. The second-order valence-electron chi connectivity index (χ2n) is 5.25. The van der Waals surface area contributed by atoms with Crippen molar-refractivity contribution in [1.82, 2.24) is 4.31 Å².